The van der Waals surface area contributed by atoms with Crippen LogP contribution in [0.4, 0.5) is 0 Å². The summed E-state index contributed by atoms with van der Waals surface area (Å²) in [5, 5.41) is 0. The fraction of sp³-hybridized carbons (Fsp3) is 0.467. The average Bonchev–Trinajstić information content (AvgIpc) is 2.89. The Morgan fingerprint density at radius 3 is 2.89 bits per heavy atom. The van der Waals surface area contributed by atoms with E-state index < -0.39 is 0 Å². The lowest BCUT2D eigenvalue weighted by Gasteiger charge is -2.03. The normalized spacial score (nSPS) is 17.6. The molecular weight excluding hydrogens is 238 g/mol. The Morgan fingerprint density at radius 1 is 1.32 bits per heavy atom. The maximum absolute atomic E-state index is 5.50. The zero-order chi connectivity index (χ0) is 13.5. The molecular formula is C15H21N3O. The zero-order valence-corrected chi connectivity index (χ0v) is 11.4. The second kappa shape index (κ2) is 7.04. The third-order valence-electron chi connectivity index (χ3n) is 3.09. The van der Waals surface area contributed by atoms with Gasteiger partial charge in [0, 0.05) is 30.0 Å². The van der Waals surface area contributed by atoms with Crippen molar-refractivity contribution >= 4 is 11.9 Å². The largest absolute Gasteiger partial charge is 0.478 e. The molecule has 0 fully saturated rings. The molecule has 0 radical (unpaired) electrons. The van der Waals surface area contributed by atoms with Crippen molar-refractivity contribution in [3.05, 3.63) is 30.0 Å². The first-order valence-electron chi connectivity index (χ1n) is 6.88. The third kappa shape index (κ3) is 3.89. The van der Waals surface area contributed by atoms with Crippen LogP contribution in [0.1, 0.15) is 31.7 Å². The Bertz CT molecular complexity index is 451. The van der Waals surface area contributed by atoms with E-state index >= 15 is 0 Å². The standard InChI is InChI=1S/C15H21N3O/c1-2-19-15-7-6-13(11-18-15)14-9-12(10-17-14)5-3-4-8-16/h6-7,9-12H,2-5,8,16H2,1H3. The summed E-state index contributed by atoms with van der Waals surface area (Å²) in [5.41, 5.74) is 7.55. The lowest BCUT2D eigenvalue weighted by Crippen LogP contribution is -2.00. The molecule has 1 aromatic heterocycles. The van der Waals surface area contributed by atoms with Crippen LogP contribution in [0.25, 0.3) is 5.70 Å². The highest BCUT2D eigenvalue weighted by atomic mass is 16.5. The summed E-state index contributed by atoms with van der Waals surface area (Å²) in [5.74, 6) is 1.10. The van der Waals surface area contributed by atoms with Crippen molar-refractivity contribution in [1.29, 1.82) is 0 Å². The van der Waals surface area contributed by atoms with Crippen molar-refractivity contribution in [3.8, 4) is 5.88 Å². The third-order valence-corrected chi connectivity index (χ3v) is 3.09. The zero-order valence-electron chi connectivity index (χ0n) is 11.4. The molecule has 2 N–H and O–H groups in total. The van der Waals surface area contributed by atoms with E-state index in [1.165, 1.54) is 0 Å². The molecule has 0 aliphatic carbocycles. The van der Waals surface area contributed by atoms with E-state index in [0.717, 1.165) is 37.1 Å². The number of nitrogens with two attached hydrogens (primary N) is 1. The number of hydrogen-bond donors (Lipinski definition) is 1. The van der Waals surface area contributed by atoms with Gasteiger partial charge in [0.15, 0.2) is 0 Å². The van der Waals surface area contributed by atoms with Crippen LogP contribution in [-0.4, -0.2) is 24.4 Å². The lowest BCUT2D eigenvalue weighted by molar-refractivity contribution is 0.327. The average molecular weight is 259 g/mol. The SMILES string of the molecule is CCOc1ccc(C2=CC(CCCCN)C=N2)cn1. The highest BCUT2D eigenvalue weighted by Crippen LogP contribution is 2.25. The quantitative estimate of drug-likeness (QED) is 0.766. The molecule has 0 aromatic carbocycles. The summed E-state index contributed by atoms with van der Waals surface area (Å²) < 4.78 is 5.33. The van der Waals surface area contributed by atoms with Gasteiger partial charge >= 0.3 is 0 Å². The van der Waals surface area contributed by atoms with Crippen LogP contribution in [-0.2, 0) is 0 Å². The molecule has 0 saturated heterocycles. The van der Waals surface area contributed by atoms with Gasteiger partial charge in [-0.05, 0) is 38.5 Å². The highest BCUT2D eigenvalue weighted by molar-refractivity contribution is 5.82. The van der Waals surface area contributed by atoms with Crippen LogP contribution in [0.3, 0.4) is 0 Å². The van der Waals surface area contributed by atoms with E-state index in [1.807, 2.05) is 31.5 Å². The minimum atomic E-state index is 0.438. The van der Waals surface area contributed by atoms with Gasteiger partial charge in [0.1, 0.15) is 0 Å². The molecule has 19 heavy (non-hydrogen) atoms. The van der Waals surface area contributed by atoms with Crippen molar-refractivity contribution in [1.82, 2.24) is 4.98 Å². The molecule has 0 saturated carbocycles. The Kier molecular flexibility index (Phi) is 5.10. The van der Waals surface area contributed by atoms with Crippen LogP contribution in [0, 0.1) is 5.92 Å². The summed E-state index contributed by atoms with van der Waals surface area (Å²) in [4.78, 5) is 8.73. The van der Waals surface area contributed by atoms with Crippen LogP contribution in [0.5, 0.6) is 5.88 Å². The summed E-state index contributed by atoms with van der Waals surface area (Å²) in [6, 6.07) is 3.89. The predicted octanol–water partition coefficient (Wildman–Crippen LogP) is 2.65. The minimum absolute atomic E-state index is 0.438. The monoisotopic (exact) mass is 259 g/mol. The fourth-order valence-electron chi connectivity index (χ4n) is 2.08. The first-order chi connectivity index (χ1) is 9.33. The second-order valence-corrected chi connectivity index (χ2v) is 4.60. The van der Waals surface area contributed by atoms with Gasteiger partial charge < -0.3 is 10.5 Å². The van der Waals surface area contributed by atoms with Crippen molar-refractivity contribution in [2.45, 2.75) is 26.2 Å². The molecule has 1 unspecified atom stereocenters. The Hall–Kier alpha value is -1.68. The number of hydrogen-bond acceptors (Lipinski definition) is 4. The number of nitrogens with zero attached hydrogens (tertiary/aromatic N) is 2. The van der Waals surface area contributed by atoms with Crippen molar-refractivity contribution in [2.75, 3.05) is 13.2 Å². The number of aromatic nitrogens is 1. The molecule has 4 nitrogen and oxygen atoms in total. The van der Waals surface area contributed by atoms with Crippen molar-refractivity contribution < 1.29 is 4.74 Å². The lowest BCUT2D eigenvalue weighted by atomic mass is 10.0. The molecule has 102 valence electrons. The number of rotatable bonds is 7. The maximum atomic E-state index is 5.50. The van der Waals surface area contributed by atoms with E-state index in [4.69, 9.17) is 10.5 Å². The number of unbranched alkanes of at least 4 members (excludes halogenated alkanes) is 1. The van der Waals surface area contributed by atoms with Gasteiger partial charge in [-0.2, -0.15) is 0 Å². The topological polar surface area (TPSA) is 60.5 Å². The molecule has 4 heteroatoms. The van der Waals surface area contributed by atoms with E-state index in [-0.39, 0.29) is 0 Å². The second-order valence-electron chi connectivity index (χ2n) is 4.60. The fourth-order valence-corrected chi connectivity index (χ4v) is 2.08. The molecule has 1 aromatic rings. The van der Waals surface area contributed by atoms with E-state index in [2.05, 4.69) is 16.1 Å². The van der Waals surface area contributed by atoms with Crippen LogP contribution >= 0.6 is 0 Å². The minimum Gasteiger partial charge on any atom is -0.478 e. The van der Waals surface area contributed by atoms with Gasteiger partial charge in [-0.1, -0.05) is 6.42 Å². The van der Waals surface area contributed by atoms with Crippen LogP contribution in [0.2, 0.25) is 0 Å². The molecule has 0 amide bonds. The summed E-state index contributed by atoms with van der Waals surface area (Å²) >= 11 is 0. The Labute approximate surface area is 114 Å². The Balaban J connectivity index is 1.95. The maximum Gasteiger partial charge on any atom is 0.213 e. The number of pyridine rings is 1. The van der Waals surface area contributed by atoms with Gasteiger partial charge in [-0.25, -0.2) is 4.98 Å². The van der Waals surface area contributed by atoms with Gasteiger partial charge in [-0.15, -0.1) is 0 Å². The van der Waals surface area contributed by atoms with E-state index in [0.29, 0.717) is 18.4 Å². The first kappa shape index (κ1) is 13.7. The molecule has 2 heterocycles. The van der Waals surface area contributed by atoms with Gasteiger partial charge in [0.25, 0.3) is 0 Å². The van der Waals surface area contributed by atoms with Gasteiger partial charge in [0.2, 0.25) is 5.88 Å². The van der Waals surface area contributed by atoms with Crippen molar-refractivity contribution in [2.24, 2.45) is 16.6 Å². The Morgan fingerprint density at radius 2 is 2.21 bits per heavy atom. The molecule has 0 bridgehead atoms. The predicted molar refractivity (Wildman–Crippen MR) is 78.3 cm³/mol. The summed E-state index contributed by atoms with van der Waals surface area (Å²) in [6.07, 6.45) is 9.39. The molecule has 1 aliphatic rings. The number of allylic oxidation sites excluding steroid dienone is 1. The van der Waals surface area contributed by atoms with Crippen LogP contribution < -0.4 is 10.5 Å². The van der Waals surface area contributed by atoms with Gasteiger partial charge in [-0.3, -0.25) is 4.99 Å². The van der Waals surface area contributed by atoms with Gasteiger partial charge in [0.05, 0.1) is 12.3 Å². The van der Waals surface area contributed by atoms with Crippen LogP contribution in [0.15, 0.2) is 29.4 Å². The summed E-state index contributed by atoms with van der Waals surface area (Å²) in [6.45, 7) is 3.35. The van der Waals surface area contributed by atoms with Crippen molar-refractivity contribution in [3.63, 3.8) is 0 Å². The number of aliphatic imine (C=N–C) groups is 1. The first-order valence-corrected chi connectivity index (χ1v) is 6.88. The molecule has 1 aliphatic heterocycles. The van der Waals surface area contributed by atoms with E-state index in [1.54, 1.807) is 0 Å². The molecule has 0 spiro atoms. The summed E-state index contributed by atoms with van der Waals surface area (Å²) in [7, 11) is 0. The molecule has 2 rings (SSSR count). The highest BCUT2D eigenvalue weighted by Gasteiger charge is 2.12. The number of ether oxygens (including phenoxy) is 1. The molecule has 1 atom stereocenters. The van der Waals surface area contributed by atoms with E-state index in [9.17, 15) is 0 Å². The smallest absolute Gasteiger partial charge is 0.213 e.